The third kappa shape index (κ3) is 2.12. The minimum atomic E-state index is -0.925. The van der Waals surface area contributed by atoms with Crippen molar-refractivity contribution in [1.82, 2.24) is 0 Å². The van der Waals surface area contributed by atoms with E-state index in [2.05, 4.69) is 4.66 Å². The molecule has 0 aromatic rings. The lowest BCUT2D eigenvalue weighted by Gasteiger charge is -2.12. The molecule has 0 unspecified atom stereocenters. The summed E-state index contributed by atoms with van der Waals surface area (Å²) in [7, 11) is -0.925. The molecule has 3 heteroatoms. The van der Waals surface area contributed by atoms with Crippen LogP contribution >= 0.6 is 0 Å². The fraction of sp³-hybridized carbons (Fsp3) is 0.833. The summed E-state index contributed by atoms with van der Waals surface area (Å²) in [5.74, 6) is 0. The summed E-state index contributed by atoms with van der Waals surface area (Å²) in [5.41, 5.74) is 0. The second-order valence-corrected chi connectivity index (χ2v) is 5.23. The van der Waals surface area contributed by atoms with Gasteiger partial charge in [0.15, 0.2) is 8.96 Å². The molecule has 1 heterocycles. The summed E-state index contributed by atoms with van der Waals surface area (Å²) in [5, 5.41) is 0. The first-order valence-electron chi connectivity index (χ1n) is 3.50. The maximum Gasteiger partial charge on any atom is 0.224 e. The Morgan fingerprint density at radius 1 is 1.22 bits per heavy atom. The monoisotopic (exact) mass is 141 g/mol. The van der Waals surface area contributed by atoms with Crippen LogP contribution in [0.3, 0.4) is 0 Å². The van der Waals surface area contributed by atoms with Crippen molar-refractivity contribution in [3.63, 3.8) is 0 Å². The van der Waals surface area contributed by atoms with E-state index in [9.17, 15) is 4.79 Å². The highest BCUT2D eigenvalue weighted by Crippen LogP contribution is 2.18. The van der Waals surface area contributed by atoms with Crippen LogP contribution in [0.4, 0.5) is 0 Å². The molecule has 0 aromatic carbocycles. The molecule has 1 rings (SSSR count). The van der Waals surface area contributed by atoms with E-state index in [1.807, 2.05) is 0 Å². The van der Waals surface area contributed by atoms with Gasteiger partial charge < -0.3 is 0 Å². The fourth-order valence-corrected chi connectivity index (χ4v) is 3.50. The first kappa shape index (κ1) is 6.71. The summed E-state index contributed by atoms with van der Waals surface area (Å²) in [6.45, 7) is 0. The highest BCUT2D eigenvalue weighted by atomic mass is 28.3. The van der Waals surface area contributed by atoms with Gasteiger partial charge in [-0.05, 0) is 12.1 Å². The largest absolute Gasteiger partial charge is 0.251 e. The summed E-state index contributed by atoms with van der Waals surface area (Å²) in [6.07, 6.45) is 5.61. The number of nitrogens with zero attached hydrogens (tertiary/aromatic N) is 1. The van der Waals surface area contributed by atoms with E-state index >= 15 is 0 Å². The molecule has 1 aliphatic heterocycles. The van der Waals surface area contributed by atoms with Gasteiger partial charge in [0.2, 0.25) is 6.08 Å². The van der Waals surface area contributed by atoms with Gasteiger partial charge in [-0.1, -0.05) is 19.3 Å². The standard InChI is InChI=1S/C6H11NOSi/c8-6-7-9-4-2-1-3-5-9/h9H,1-5H2. The maximum absolute atomic E-state index is 9.82. The lowest BCUT2D eigenvalue weighted by Crippen LogP contribution is -2.12. The Hall–Kier alpha value is -0.403. The molecular weight excluding hydrogens is 130 g/mol. The van der Waals surface area contributed by atoms with Crippen LogP contribution in [0.25, 0.3) is 0 Å². The molecule has 0 aromatic heterocycles. The number of hydrogen-bond acceptors (Lipinski definition) is 2. The van der Waals surface area contributed by atoms with Gasteiger partial charge in [0.25, 0.3) is 0 Å². The molecule has 0 N–H and O–H groups in total. The van der Waals surface area contributed by atoms with Crippen molar-refractivity contribution in [3.05, 3.63) is 0 Å². The Morgan fingerprint density at radius 3 is 2.44 bits per heavy atom. The highest BCUT2D eigenvalue weighted by Gasteiger charge is 2.13. The topological polar surface area (TPSA) is 29.4 Å². The van der Waals surface area contributed by atoms with E-state index in [4.69, 9.17) is 0 Å². The molecule has 9 heavy (non-hydrogen) atoms. The van der Waals surface area contributed by atoms with Crippen molar-refractivity contribution < 1.29 is 4.79 Å². The third-order valence-corrected chi connectivity index (χ3v) is 4.43. The molecule has 0 bridgehead atoms. The second kappa shape index (κ2) is 3.59. The van der Waals surface area contributed by atoms with Gasteiger partial charge in [0, 0.05) is 0 Å². The highest BCUT2D eigenvalue weighted by molar-refractivity contribution is 6.57. The van der Waals surface area contributed by atoms with E-state index in [1.54, 1.807) is 6.08 Å². The molecule has 50 valence electrons. The minimum absolute atomic E-state index is 0.925. The van der Waals surface area contributed by atoms with Crippen molar-refractivity contribution in [3.8, 4) is 0 Å². The number of hydrogen-bond donors (Lipinski definition) is 0. The zero-order valence-corrected chi connectivity index (χ0v) is 6.62. The quantitative estimate of drug-likeness (QED) is 0.307. The van der Waals surface area contributed by atoms with Crippen molar-refractivity contribution in [1.29, 1.82) is 0 Å². The molecule has 1 aliphatic rings. The van der Waals surface area contributed by atoms with Gasteiger partial charge in [-0.3, -0.25) is 4.66 Å². The molecule has 0 spiro atoms. The van der Waals surface area contributed by atoms with E-state index in [-0.39, 0.29) is 0 Å². The lowest BCUT2D eigenvalue weighted by molar-refractivity contribution is 0.565. The fourth-order valence-electron chi connectivity index (χ4n) is 1.28. The Labute approximate surface area is 56.7 Å². The van der Waals surface area contributed by atoms with Crippen LogP contribution in [0.5, 0.6) is 0 Å². The summed E-state index contributed by atoms with van der Waals surface area (Å²) in [6, 6.07) is 2.46. The number of isocyanates is 1. The SMILES string of the molecule is O=C=N[SiH]1CCCCC1. The first-order chi connectivity index (χ1) is 4.43. The molecule has 2 nitrogen and oxygen atoms in total. The van der Waals surface area contributed by atoms with Crippen molar-refractivity contribution >= 4 is 15.0 Å². The predicted octanol–water partition coefficient (Wildman–Crippen LogP) is 1.23. The first-order valence-corrected chi connectivity index (χ1v) is 5.65. The zero-order valence-electron chi connectivity index (χ0n) is 5.47. The van der Waals surface area contributed by atoms with Crippen molar-refractivity contribution in [2.75, 3.05) is 0 Å². The summed E-state index contributed by atoms with van der Waals surface area (Å²) < 4.78 is 3.82. The van der Waals surface area contributed by atoms with Crippen LogP contribution in [0.2, 0.25) is 12.1 Å². The Morgan fingerprint density at radius 2 is 1.89 bits per heavy atom. The second-order valence-electron chi connectivity index (χ2n) is 2.51. The van der Waals surface area contributed by atoms with Crippen LogP contribution < -0.4 is 0 Å². The van der Waals surface area contributed by atoms with Crippen LogP contribution in [-0.2, 0) is 4.79 Å². The molecule has 0 atom stereocenters. The third-order valence-electron chi connectivity index (χ3n) is 1.81. The van der Waals surface area contributed by atoms with Crippen LogP contribution in [-0.4, -0.2) is 15.0 Å². The van der Waals surface area contributed by atoms with Gasteiger partial charge in [0.1, 0.15) is 0 Å². The smallest absolute Gasteiger partial charge is 0.224 e. The van der Waals surface area contributed by atoms with Gasteiger partial charge in [0.05, 0.1) is 0 Å². The van der Waals surface area contributed by atoms with Gasteiger partial charge in [-0.15, -0.1) is 0 Å². The molecular formula is C6H11NOSi. The van der Waals surface area contributed by atoms with Crippen LogP contribution in [0.15, 0.2) is 4.66 Å². The zero-order chi connectivity index (χ0) is 6.53. The van der Waals surface area contributed by atoms with Gasteiger partial charge in [-0.2, -0.15) is 0 Å². The summed E-state index contributed by atoms with van der Waals surface area (Å²) in [4.78, 5) is 9.82. The Balaban J connectivity index is 2.31. The van der Waals surface area contributed by atoms with E-state index in [0.717, 1.165) is 0 Å². The van der Waals surface area contributed by atoms with E-state index in [1.165, 1.54) is 31.4 Å². The van der Waals surface area contributed by atoms with Crippen molar-refractivity contribution in [2.45, 2.75) is 31.4 Å². The Bertz CT molecular complexity index is 125. The number of rotatable bonds is 1. The van der Waals surface area contributed by atoms with E-state index in [0.29, 0.717) is 0 Å². The predicted molar refractivity (Wildman–Crippen MR) is 38.7 cm³/mol. The maximum atomic E-state index is 9.82. The average molecular weight is 141 g/mol. The molecule has 1 fully saturated rings. The van der Waals surface area contributed by atoms with Crippen LogP contribution in [0, 0.1) is 0 Å². The summed E-state index contributed by atoms with van der Waals surface area (Å²) >= 11 is 0. The van der Waals surface area contributed by atoms with Gasteiger partial charge in [-0.25, -0.2) is 4.79 Å². The molecule has 0 saturated carbocycles. The Kier molecular flexibility index (Phi) is 2.68. The van der Waals surface area contributed by atoms with E-state index < -0.39 is 8.96 Å². The minimum Gasteiger partial charge on any atom is -0.251 e. The molecule has 0 radical (unpaired) electrons. The molecule has 1 saturated heterocycles. The van der Waals surface area contributed by atoms with Crippen LogP contribution in [0.1, 0.15) is 19.3 Å². The molecule has 0 aliphatic carbocycles. The normalized spacial score (nSPS) is 20.9. The number of carbonyl (C=O) groups excluding carboxylic acids is 1. The van der Waals surface area contributed by atoms with Crippen molar-refractivity contribution in [2.24, 2.45) is 4.66 Å². The van der Waals surface area contributed by atoms with Gasteiger partial charge >= 0.3 is 0 Å². The average Bonchev–Trinajstić information content (AvgIpc) is 1.91. The lowest BCUT2D eigenvalue weighted by atomic mass is 10.3. The molecule has 0 amide bonds.